The van der Waals surface area contributed by atoms with Crippen LogP contribution in [0.15, 0.2) is 6.20 Å². The maximum absolute atomic E-state index is 11.0. The topological polar surface area (TPSA) is 93.0 Å². The normalized spacial score (nSPS) is 16.5. The highest BCUT2D eigenvalue weighted by Gasteiger charge is 2.34. The van der Waals surface area contributed by atoms with Crippen LogP contribution in [0.3, 0.4) is 0 Å². The lowest BCUT2D eigenvalue weighted by Gasteiger charge is -2.39. The number of nitrogens with zero attached hydrogens (tertiary/aromatic N) is 3. The van der Waals surface area contributed by atoms with E-state index in [0.717, 1.165) is 32.2 Å². The van der Waals surface area contributed by atoms with Gasteiger partial charge in [-0.25, -0.2) is 4.98 Å². The van der Waals surface area contributed by atoms with Crippen LogP contribution in [0, 0.1) is 10.1 Å². The lowest BCUT2D eigenvalue weighted by molar-refractivity contribution is -0.384. The minimum absolute atomic E-state index is 0.0739. The van der Waals surface area contributed by atoms with Crippen molar-refractivity contribution >= 4 is 17.5 Å². The average Bonchev–Trinajstić information content (AvgIpc) is 2.34. The first-order valence-corrected chi connectivity index (χ1v) is 6.57. The van der Waals surface area contributed by atoms with E-state index in [-0.39, 0.29) is 11.2 Å². The molecule has 0 unspecified atom stereocenters. The molecule has 1 aliphatic rings. The molecular formula is C12H19N5O2. The summed E-state index contributed by atoms with van der Waals surface area (Å²) in [4.78, 5) is 18.7. The molecule has 19 heavy (non-hydrogen) atoms. The summed E-state index contributed by atoms with van der Waals surface area (Å²) in [5.74, 6) is 0.735. The predicted molar refractivity (Wildman–Crippen MR) is 73.3 cm³/mol. The Labute approximate surface area is 112 Å². The smallest absolute Gasteiger partial charge is 0.329 e. The van der Waals surface area contributed by atoms with E-state index in [9.17, 15) is 10.1 Å². The number of nitrogens with one attached hydrogen (secondary N) is 2. The number of hydrogen-bond donors (Lipinski definition) is 2. The molecular weight excluding hydrogens is 246 g/mol. The highest BCUT2D eigenvalue weighted by Crippen LogP contribution is 2.36. The van der Waals surface area contributed by atoms with Gasteiger partial charge in [-0.15, -0.1) is 0 Å². The molecule has 7 nitrogen and oxygen atoms in total. The van der Waals surface area contributed by atoms with Crippen LogP contribution >= 0.6 is 0 Å². The largest absolute Gasteiger partial charge is 0.359 e. The van der Waals surface area contributed by atoms with E-state index in [0.29, 0.717) is 11.8 Å². The molecule has 2 N–H and O–H groups in total. The summed E-state index contributed by atoms with van der Waals surface area (Å²) in [6.45, 7) is 4.84. The third-order valence-corrected chi connectivity index (χ3v) is 3.38. The molecule has 0 radical (unpaired) electrons. The molecule has 1 aromatic rings. The summed E-state index contributed by atoms with van der Waals surface area (Å²) in [6.07, 6.45) is 5.36. The molecule has 7 heteroatoms. The summed E-state index contributed by atoms with van der Waals surface area (Å²) in [7, 11) is 0. The molecule has 0 aliphatic heterocycles. The molecule has 0 spiro atoms. The summed E-state index contributed by atoms with van der Waals surface area (Å²) in [5, 5.41) is 17.2. The van der Waals surface area contributed by atoms with E-state index in [1.807, 2.05) is 6.92 Å². The van der Waals surface area contributed by atoms with Crippen molar-refractivity contribution in [3.8, 4) is 0 Å². The fraction of sp³-hybridized carbons (Fsp3) is 0.667. The van der Waals surface area contributed by atoms with Gasteiger partial charge in [0.2, 0.25) is 11.8 Å². The molecule has 104 valence electrons. The Kier molecular flexibility index (Phi) is 3.82. The zero-order chi connectivity index (χ0) is 13.9. The van der Waals surface area contributed by atoms with Crippen LogP contribution in [0.1, 0.15) is 39.5 Å². The summed E-state index contributed by atoms with van der Waals surface area (Å²) in [6, 6.07) is 0. The molecule has 1 saturated carbocycles. The van der Waals surface area contributed by atoms with Gasteiger partial charge < -0.3 is 10.6 Å². The number of anilines is 2. The van der Waals surface area contributed by atoms with Crippen LogP contribution in [0.5, 0.6) is 0 Å². The van der Waals surface area contributed by atoms with Gasteiger partial charge >= 0.3 is 5.69 Å². The van der Waals surface area contributed by atoms with E-state index in [1.165, 1.54) is 6.20 Å². The molecule has 2 rings (SSSR count). The molecule has 0 amide bonds. The van der Waals surface area contributed by atoms with Gasteiger partial charge in [0.25, 0.3) is 0 Å². The van der Waals surface area contributed by atoms with E-state index >= 15 is 0 Å². The van der Waals surface area contributed by atoms with Gasteiger partial charge in [-0.3, -0.25) is 10.1 Å². The highest BCUT2D eigenvalue weighted by atomic mass is 16.6. The number of nitro groups is 1. The van der Waals surface area contributed by atoms with Crippen LogP contribution in [-0.4, -0.2) is 27.0 Å². The third kappa shape index (κ3) is 3.10. The zero-order valence-corrected chi connectivity index (χ0v) is 11.3. The van der Waals surface area contributed by atoms with Crippen molar-refractivity contribution in [2.45, 2.75) is 45.1 Å². The van der Waals surface area contributed by atoms with Crippen LogP contribution in [0.2, 0.25) is 0 Å². The van der Waals surface area contributed by atoms with Crippen molar-refractivity contribution < 1.29 is 4.92 Å². The fourth-order valence-corrected chi connectivity index (χ4v) is 2.04. The first kappa shape index (κ1) is 13.5. The lowest BCUT2D eigenvalue weighted by Crippen LogP contribution is -2.42. The van der Waals surface area contributed by atoms with Crippen LogP contribution in [0.25, 0.3) is 0 Å². The van der Waals surface area contributed by atoms with Crippen LogP contribution in [-0.2, 0) is 0 Å². The maximum Gasteiger partial charge on any atom is 0.329 e. The van der Waals surface area contributed by atoms with E-state index in [4.69, 9.17) is 0 Å². The highest BCUT2D eigenvalue weighted by molar-refractivity contribution is 5.58. The molecule has 1 fully saturated rings. The standard InChI is InChI=1S/C12H19N5O2/c1-3-7-13-11-14-8-9(17(18)19)10(15-11)16-12(2)5-4-6-12/h8H,3-7H2,1-2H3,(H2,13,14,15,16). The third-order valence-electron chi connectivity index (χ3n) is 3.38. The van der Waals surface area contributed by atoms with E-state index in [1.54, 1.807) is 0 Å². The molecule has 1 aliphatic carbocycles. The SMILES string of the molecule is CCCNc1ncc([N+](=O)[O-])c(NC2(C)CCC2)n1. The summed E-state index contributed by atoms with van der Waals surface area (Å²) >= 11 is 0. The van der Waals surface area contributed by atoms with Gasteiger partial charge in [0.1, 0.15) is 6.20 Å². The van der Waals surface area contributed by atoms with Crippen LogP contribution in [0.4, 0.5) is 17.5 Å². The first-order valence-electron chi connectivity index (χ1n) is 6.57. The zero-order valence-electron chi connectivity index (χ0n) is 11.3. The second-order valence-corrected chi connectivity index (χ2v) is 5.15. The molecule has 0 bridgehead atoms. The van der Waals surface area contributed by atoms with Crippen molar-refractivity contribution in [3.63, 3.8) is 0 Å². The Bertz CT molecular complexity index is 473. The first-order chi connectivity index (χ1) is 9.04. The minimum atomic E-state index is -0.450. The summed E-state index contributed by atoms with van der Waals surface area (Å²) in [5.41, 5.74) is -0.156. The summed E-state index contributed by atoms with van der Waals surface area (Å²) < 4.78 is 0. The van der Waals surface area contributed by atoms with Crippen molar-refractivity contribution in [3.05, 3.63) is 16.3 Å². The Morgan fingerprint density at radius 1 is 1.53 bits per heavy atom. The molecule has 0 aromatic carbocycles. The fourth-order valence-electron chi connectivity index (χ4n) is 2.04. The average molecular weight is 265 g/mol. The molecule has 1 heterocycles. The van der Waals surface area contributed by atoms with Crippen molar-refractivity contribution in [1.29, 1.82) is 0 Å². The van der Waals surface area contributed by atoms with E-state index < -0.39 is 4.92 Å². The van der Waals surface area contributed by atoms with Gasteiger partial charge in [0.15, 0.2) is 0 Å². The Hall–Kier alpha value is -1.92. The molecule has 0 atom stereocenters. The lowest BCUT2D eigenvalue weighted by atomic mass is 9.78. The Morgan fingerprint density at radius 2 is 2.26 bits per heavy atom. The van der Waals surface area contributed by atoms with Crippen molar-refractivity contribution in [2.75, 3.05) is 17.2 Å². The predicted octanol–water partition coefficient (Wildman–Crippen LogP) is 2.56. The van der Waals surface area contributed by atoms with Gasteiger partial charge in [0, 0.05) is 12.1 Å². The van der Waals surface area contributed by atoms with Crippen molar-refractivity contribution in [2.24, 2.45) is 0 Å². The van der Waals surface area contributed by atoms with Gasteiger partial charge in [-0.2, -0.15) is 4.98 Å². The monoisotopic (exact) mass is 265 g/mol. The number of rotatable bonds is 6. The van der Waals surface area contributed by atoms with Crippen molar-refractivity contribution in [1.82, 2.24) is 9.97 Å². The molecule has 1 aromatic heterocycles. The van der Waals surface area contributed by atoms with Gasteiger partial charge in [-0.1, -0.05) is 6.92 Å². The quantitative estimate of drug-likeness (QED) is 0.606. The number of hydrogen-bond acceptors (Lipinski definition) is 6. The Morgan fingerprint density at radius 3 is 2.79 bits per heavy atom. The Balaban J connectivity index is 2.22. The van der Waals surface area contributed by atoms with Gasteiger partial charge in [-0.05, 0) is 32.6 Å². The van der Waals surface area contributed by atoms with Crippen LogP contribution < -0.4 is 10.6 Å². The number of aromatic nitrogens is 2. The van der Waals surface area contributed by atoms with E-state index in [2.05, 4.69) is 27.5 Å². The molecule has 0 saturated heterocycles. The second kappa shape index (κ2) is 5.38. The minimum Gasteiger partial charge on any atom is -0.359 e. The second-order valence-electron chi connectivity index (χ2n) is 5.15. The van der Waals surface area contributed by atoms with Gasteiger partial charge in [0.05, 0.1) is 4.92 Å². The maximum atomic E-state index is 11.0.